The van der Waals surface area contributed by atoms with Gasteiger partial charge in [0.1, 0.15) is 0 Å². The molecule has 0 saturated heterocycles. The summed E-state index contributed by atoms with van der Waals surface area (Å²) in [6, 6.07) is 15.2. The van der Waals surface area contributed by atoms with Crippen molar-refractivity contribution < 1.29 is 18.5 Å². The van der Waals surface area contributed by atoms with Crippen LogP contribution in [-0.4, -0.2) is 4.57 Å². The molecule has 0 aliphatic heterocycles. The van der Waals surface area contributed by atoms with Crippen LogP contribution < -0.4 is 0 Å². The Bertz CT molecular complexity index is 853. The van der Waals surface area contributed by atoms with E-state index in [1.54, 1.807) is 0 Å². The molecule has 0 spiro atoms. The van der Waals surface area contributed by atoms with Crippen LogP contribution in [0.1, 0.15) is 25.1 Å². The van der Waals surface area contributed by atoms with E-state index in [1.165, 1.54) is 27.7 Å². The molecular weight excluding hydrogens is 529 g/mol. The maximum absolute atomic E-state index is 3.23. The van der Waals surface area contributed by atoms with Crippen LogP contribution in [0.25, 0.3) is 16.5 Å². The van der Waals surface area contributed by atoms with Crippen LogP contribution in [0.5, 0.6) is 0 Å². The van der Waals surface area contributed by atoms with Crippen LogP contribution in [0.4, 0.5) is 0 Å². The van der Waals surface area contributed by atoms with E-state index in [0.717, 1.165) is 0 Å². The number of hydrogen-bond donors (Lipinski definition) is 0. The van der Waals surface area contributed by atoms with Crippen molar-refractivity contribution in [3.05, 3.63) is 84.2 Å². The summed E-state index contributed by atoms with van der Waals surface area (Å²) in [5, 5.41) is 2.62. The first-order chi connectivity index (χ1) is 12.4. The number of hydrogen-bond acceptors (Lipinski definition) is 0. The summed E-state index contributed by atoms with van der Waals surface area (Å²) in [7, 11) is 0. The van der Waals surface area contributed by atoms with Crippen LogP contribution in [0.2, 0.25) is 0 Å². The molecule has 0 saturated carbocycles. The van der Waals surface area contributed by atoms with Crippen LogP contribution in [0, 0.1) is 25.3 Å². The number of halogens is 2. The summed E-state index contributed by atoms with van der Waals surface area (Å²) in [6.07, 6.45) is 11.5. The van der Waals surface area contributed by atoms with Crippen molar-refractivity contribution in [3.8, 4) is 5.69 Å². The molecule has 1 aliphatic carbocycles. The topological polar surface area (TPSA) is 4.93 Å². The van der Waals surface area contributed by atoms with Crippen molar-refractivity contribution in [2.45, 2.75) is 27.7 Å². The standard InChI is InChI=1S/C15H14N.C7H9.2BrH.Zr/c1-11-7-12(2)16(10-11)15-8-13-5-3-4-6-14(13)9-15;1-7(2)5-3-4-6-7;;;/h3-10H,1-2H3;3-5H,1-2H3;2*1H;/q2*-1;;;+4/p-2. The molecule has 4 rings (SSSR count). The summed E-state index contributed by atoms with van der Waals surface area (Å²) in [4.78, 5) is 0. The second-order valence-corrected chi connectivity index (χ2v) is 18.2. The molecule has 134 valence electrons. The Balaban J connectivity index is 0.000000203. The molecule has 26 heavy (non-hydrogen) atoms. The molecule has 0 fully saturated rings. The predicted molar refractivity (Wildman–Crippen MR) is 117 cm³/mol. The number of benzene rings is 1. The number of aromatic nitrogens is 1. The van der Waals surface area contributed by atoms with Gasteiger partial charge in [0, 0.05) is 11.9 Å². The summed E-state index contributed by atoms with van der Waals surface area (Å²) in [5.74, 6) is 0. The molecular formula is C22H23Br2NZr. The van der Waals surface area contributed by atoms with Gasteiger partial charge >= 0.3 is 43.0 Å². The molecule has 3 aromatic rings. The molecule has 2 aromatic carbocycles. The van der Waals surface area contributed by atoms with Gasteiger partial charge in [0.15, 0.2) is 0 Å². The molecule has 0 atom stereocenters. The Labute approximate surface area is 180 Å². The maximum atomic E-state index is 3.23. The van der Waals surface area contributed by atoms with Gasteiger partial charge in [0.2, 0.25) is 0 Å². The van der Waals surface area contributed by atoms with Crippen LogP contribution in [-0.2, 0) is 18.5 Å². The van der Waals surface area contributed by atoms with Crippen molar-refractivity contribution >= 4 is 35.2 Å². The van der Waals surface area contributed by atoms with E-state index in [9.17, 15) is 0 Å². The predicted octanol–water partition coefficient (Wildman–Crippen LogP) is 7.60. The fourth-order valence-electron chi connectivity index (χ4n) is 2.89. The number of nitrogens with zero attached hydrogens (tertiary/aromatic N) is 1. The van der Waals surface area contributed by atoms with E-state index < -0.39 is 0 Å². The first-order valence-corrected chi connectivity index (χ1v) is 19.7. The van der Waals surface area contributed by atoms with E-state index in [0.29, 0.717) is 0 Å². The molecule has 0 N–H and O–H groups in total. The fourth-order valence-corrected chi connectivity index (χ4v) is 2.89. The fraction of sp³-hybridized carbons (Fsp3) is 0.227. The zero-order chi connectivity index (χ0) is 19.2. The molecule has 0 unspecified atom stereocenters. The Morgan fingerprint density at radius 1 is 1.12 bits per heavy atom. The Hall–Kier alpha value is -0.567. The Morgan fingerprint density at radius 3 is 2.27 bits per heavy atom. The van der Waals surface area contributed by atoms with E-state index in [2.05, 4.69) is 118 Å². The SMILES string of the molecule is CC1(C)[C-]=CC=C1.Cc1cc(C)n(-c2cc3ccccc3[cH-]2)c1.[Br][Zr+2][Br]. The zero-order valence-corrected chi connectivity index (χ0v) is 21.2. The monoisotopic (exact) mass is 549 g/mol. The normalized spacial score (nSPS) is 13.6. The molecule has 4 heteroatoms. The van der Waals surface area contributed by atoms with Gasteiger partial charge in [-0.25, -0.2) is 12.2 Å². The van der Waals surface area contributed by atoms with Crippen molar-refractivity contribution in [3.63, 3.8) is 0 Å². The molecule has 1 heterocycles. The van der Waals surface area contributed by atoms with Gasteiger partial charge in [-0.3, -0.25) is 6.08 Å². The molecule has 0 radical (unpaired) electrons. The minimum absolute atomic E-state index is 0.145. The van der Waals surface area contributed by atoms with Crippen LogP contribution in [0.15, 0.2) is 66.9 Å². The average Bonchev–Trinajstić information content (AvgIpc) is 3.26. The van der Waals surface area contributed by atoms with Crippen molar-refractivity contribution in [2.24, 2.45) is 5.41 Å². The van der Waals surface area contributed by atoms with Gasteiger partial charge in [-0.15, -0.1) is 41.1 Å². The molecule has 1 aromatic heterocycles. The molecule has 0 bridgehead atoms. The van der Waals surface area contributed by atoms with Crippen LogP contribution in [0.3, 0.4) is 0 Å². The first kappa shape index (κ1) is 21.7. The summed E-state index contributed by atoms with van der Waals surface area (Å²) in [6.45, 7) is 8.54. The molecule has 0 amide bonds. The van der Waals surface area contributed by atoms with Gasteiger partial charge in [0.25, 0.3) is 0 Å². The number of fused-ring (bicyclic) bond motifs is 1. The third kappa shape index (κ3) is 6.25. The van der Waals surface area contributed by atoms with Crippen molar-refractivity contribution in [2.75, 3.05) is 0 Å². The summed E-state index contributed by atoms with van der Waals surface area (Å²) in [5.41, 5.74) is 4.06. The van der Waals surface area contributed by atoms with Crippen molar-refractivity contribution in [1.29, 1.82) is 0 Å². The van der Waals surface area contributed by atoms with Crippen molar-refractivity contribution in [1.82, 2.24) is 4.57 Å². The Morgan fingerprint density at radius 2 is 1.81 bits per heavy atom. The summed E-state index contributed by atoms with van der Waals surface area (Å²) < 4.78 is 2.25. The second-order valence-electron chi connectivity index (χ2n) is 6.83. The number of aryl methyl sites for hydroxylation is 2. The number of rotatable bonds is 1. The Kier molecular flexibility index (Phi) is 8.45. The third-order valence-electron chi connectivity index (χ3n) is 4.09. The zero-order valence-electron chi connectivity index (χ0n) is 15.6. The molecule has 1 nitrogen and oxygen atoms in total. The van der Waals surface area contributed by atoms with Gasteiger partial charge in [-0.2, -0.15) is 6.08 Å². The number of allylic oxidation sites excluding steroid dienone is 4. The van der Waals surface area contributed by atoms with E-state index in [4.69, 9.17) is 0 Å². The third-order valence-corrected chi connectivity index (χ3v) is 4.09. The first-order valence-electron chi connectivity index (χ1n) is 8.43. The van der Waals surface area contributed by atoms with E-state index in [-0.39, 0.29) is 24.0 Å². The second kappa shape index (κ2) is 10.1. The van der Waals surface area contributed by atoms with E-state index in [1.807, 2.05) is 12.2 Å². The minimum atomic E-state index is -0.145. The quantitative estimate of drug-likeness (QED) is 0.274. The van der Waals surface area contributed by atoms with Gasteiger partial charge in [-0.05, 0) is 31.2 Å². The average molecular weight is 552 g/mol. The van der Waals surface area contributed by atoms with E-state index >= 15 is 0 Å². The van der Waals surface area contributed by atoms with Crippen LogP contribution >= 0.6 is 24.4 Å². The summed E-state index contributed by atoms with van der Waals surface area (Å²) >= 11 is 6.32. The van der Waals surface area contributed by atoms with Gasteiger partial charge in [-0.1, -0.05) is 25.3 Å². The van der Waals surface area contributed by atoms with Gasteiger partial charge in [0.05, 0.1) is 0 Å². The van der Waals surface area contributed by atoms with Gasteiger partial charge < -0.3 is 4.57 Å². The molecule has 1 aliphatic rings.